The molecule has 1 aliphatic heterocycles. The third-order valence-electron chi connectivity index (χ3n) is 4.28. The van der Waals surface area contributed by atoms with Gasteiger partial charge in [0.15, 0.2) is 0 Å². The summed E-state index contributed by atoms with van der Waals surface area (Å²) in [5, 5.41) is 3.03. The van der Waals surface area contributed by atoms with Gasteiger partial charge in [-0.15, -0.1) is 0 Å². The third-order valence-corrected chi connectivity index (χ3v) is 4.28. The summed E-state index contributed by atoms with van der Waals surface area (Å²) in [5.74, 6) is 0. The Morgan fingerprint density at radius 1 is 1.27 bits per heavy atom. The summed E-state index contributed by atoms with van der Waals surface area (Å²) < 4.78 is 5.03. The van der Waals surface area contributed by atoms with Crippen LogP contribution in [0.1, 0.15) is 49.3 Å². The summed E-state index contributed by atoms with van der Waals surface area (Å²) >= 11 is 0. The second kappa shape index (κ2) is 8.79. The average Bonchev–Trinajstić information content (AvgIpc) is 2.78. The number of carbonyl (C=O) groups excluding carboxylic acids is 1. The lowest BCUT2D eigenvalue weighted by Crippen LogP contribution is -2.42. The Labute approximate surface area is 133 Å². The van der Waals surface area contributed by atoms with Crippen LogP contribution < -0.4 is 5.32 Å². The Bertz CT molecular complexity index is 459. The van der Waals surface area contributed by atoms with Crippen molar-refractivity contribution in [3.63, 3.8) is 0 Å². The van der Waals surface area contributed by atoms with Gasteiger partial charge in [-0.3, -0.25) is 0 Å². The maximum absolute atomic E-state index is 12.5. The number of ether oxygens (including phenoxy) is 1. The van der Waals surface area contributed by atoms with E-state index in [0.717, 1.165) is 25.8 Å². The highest BCUT2D eigenvalue weighted by atomic mass is 16.5. The maximum Gasteiger partial charge on any atom is 0.317 e. The number of rotatable bonds is 5. The van der Waals surface area contributed by atoms with Crippen LogP contribution >= 0.6 is 0 Å². The monoisotopic (exact) mass is 304 g/mol. The first-order chi connectivity index (χ1) is 10.7. The molecule has 4 heteroatoms. The topological polar surface area (TPSA) is 41.6 Å². The summed E-state index contributed by atoms with van der Waals surface area (Å²) in [4.78, 5) is 14.6. The predicted octanol–water partition coefficient (Wildman–Crippen LogP) is 3.66. The number of benzene rings is 1. The molecule has 0 aromatic heterocycles. The highest BCUT2D eigenvalue weighted by Gasteiger charge is 2.26. The molecule has 1 aromatic rings. The molecule has 0 aliphatic carbocycles. The molecule has 1 saturated heterocycles. The van der Waals surface area contributed by atoms with E-state index in [-0.39, 0.29) is 12.1 Å². The van der Waals surface area contributed by atoms with E-state index in [4.69, 9.17) is 4.74 Å². The highest BCUT2D eigenvalue weighted by Crippen LogP contribution is 2.30. The molecule has 2 rings (SSSR count). The lowest BCUT2D eigenvalue weighted by molar-refractivity contribution is 0.170. The van der Waals surface area contributed by atoms with Crippen molar-refractivity contribution in [2.45, 2.75) is 45.1 Å². The van der Waals surface area contributed by atoms with Crippen LogP contribution in [0.3, 0.4) is 0 Å². The first kappa shape index (κ1) is 16.8. The minimum Gasteiger partial charge on any atom is -0.385 e. The number of hydrogen-bond donors (Lipinski definition) is 1. The van der Waals surface area contributed by atoms with E-state index in [9.17, 15) is 4.79 Å². The van der Waals surface area contributed by atoms with Crippen LogP contribution in [0.15, 0.2) is 24.3 Å². The number of likely N-dealkylation sites (tertiary alicyclic amines) is 1. The molecule has 0 radical (unpaired) electrons. The highest BCUT2D eigenvalue weighted by molar-refractivity contribution is 5.74. The van der Waals surface area contributed by atoms with Crippen molar-refractivity contribution in [3.8, 4) is 0 Å². The van der Waals surface area contributed by atoms with E-state index in [1.807, 2.05) is 4.90 Å². The van der Waals surface area contributed by atoms with Gasteiger partial charge in [-0.1, -0.05) is 42.7 Å². The van der Waals surface area contributed by atoms with Crippen LogP contribution in [0.4, 0.5) is 4.79 Å². The van der Waals surface area contributed by atoms with Crippen molar-refractivity contribution in [2.75, 3.05) is 26.8 Å². The number of nitrogens with zero attached hydrogens (tertiary/aromatic N) is 1. The number of methoxy groups -OCH3 is 1. The molecule has 1 unspecified atom stereocenters. The van der Waals surface area contributed by atoms with Crippen LogP contribution in [-0.2, 0) is 4.74 Å². The number of amides is 2. The van der Waals surface area contributed by atoms with Crippen molar-refractivity contribution < 1.29 is 9.53 Å². The minimum atomic E-state index is 0.0589. The molecule has 1 fully saturated rings. The average molecular weight is 304 g/mol. The Balaban J connectivity index is 2.03. The molecule has 4 nitrogen and oxygen atoms in total. The van der Waals surface area contributed by atoms with Crippen LogP contribution in [0.5, 0.6) is 0 Å². The second-order valence-electron chi connectivity index (χ2n) is 6.05. The van der Waals surface area contributed by atoms with Crippen LogP contribution in [-0.4, -0.2) is 37.7 Å². The molecule has 1 aromatic carbocycles. The van der Waals surface area contributed by atoms with E-state index in [0.29, 0.717) is 13.2 Å². The fourth-order valence-electron chi connectivity index (χ4n) is 3.00. The van der Waals surface area contributed by atoms with E-state index in [1.165, 1.54) is 24.0 Å². The number of urea groups is 1. The fourth-order valence-corrected chi connectivity index (χ4v) is 3.00. The summed E-state index contributed by atoms with van der Waals surface area (Å²) in [5.41, 5.74) is 2.51. The molecule has 0 saturated carbocycles. The largest absolute Gasteiger partial charge is 0.385 e. The first-order valence-electron chi connectivity index (χ1n) is 8.32. The molecular weight excluding hydrogens is 276 g/mol. The molecule has 1 heterocycles. The summed E-state index contributed by atoms with van der Waals surface area (Å²) in [6, 6.07) is 8.85. The molecular formula is C18H28N2O2. The van der Waals surface area contributed by atoms with Crippen molar-refractivity contribution in [1.82, 2.24) is 10.2 Å². The van der Waals surface area contributed by atoms with Crippen LogP contribution in [0.25, 0.3) is 0 Å². The second-order valence-corrected chi connectivity index (χ2v) is 6.05. The summed E-state index contributed by atoms with van der Waals surface area (Å²) in [6.07, 6.45) is 5.38. The Hall–Kier alpha value is -1.55. The van der Waals surface area contributed by atoms with Crippen molar-refractivity contribution >= 4 is 6.03 Å². The molecule has 1 aliphatic rings. The zero-order chi connectivity index (χ0) is 15.8. The number of carbonyl (C=O) groups is 1. The van der Waals surface area contributed by atoms with Gasteiger partial charge in [0.1, 0.15) is 0 Å². The van der Waals surface area contributed by atoms with E-state index in [1.54, 1.807) is 7.11 Å². The van der Waals surface area contributed by atoms with Gasteiger partial charge in [0.2, 0.25) is 0 Å². The Morgan fingerprint density at radius 2 is 2.05 bits per heavy atom. The Kier molecular flexibility index (Phi) is 6.72. The van der Waals surface area contributed by atoms with Crippen molar-refractivity contribution in [2.24, 2.45) is 0 Å². The van der Waals surface area contributed by atoms with Gasteiger partial charge >= 0.3 is 6.03 Å². The molecule has 0 bridgehead atoms. The van der Waals surface area contributed by atoms with Gasteiger partial charge < -0.3 is 15.0 Å². The molecule has 22 heavy (non-hydrogen) atoms. The van der Waals surface area contributed by atoms with Gasteiger partial charge in [-0.25, -0.2) is 4.79 Å². The molecule has 1 N–H and O–H groups in total. The van der Waals surface area contributed by atoms with E-state index < -0.39 is 0 Å². The SMILES string of the molecule is COCCCNC(=O)N1CCCCCC1c1ccc(C)cc1. The van der Waals surface area contributed by atoms with E-state index in [2.05, 4.69) is 36.5 Å². The lowest BCUT2D eigenvalue weighted by atomic mass is 10.00. The van der Waals surface area contributed by atoms with Crippen LogP contribution in [0, 0.1) is 6.92 Å². The van der Waals surface area contributed by atoms with Crippen LogP contribution in [0.2, 0.25) is 0 Å². The zero-order valence-corrected chi connectivity index (χ0v) is 13.8. The molecule has 2 amide bonds. The smallest absolute Gasteiger partial charge is 0.317 e. The predicted molar refractivity (Wildman–Crippen MR) is 89.0 cm³/mol. The quantitative estimate of drug-likeness (QED) is 0.844. The van der Waals surface area contributed by atoms with Gasteiger partial charge in [0.25, 0.3) is 0 Å². The molecule has 0 spiro atoms. The number of nitrogens with one attached hydrogen (secondary N) is 1. The standard InChI is InChI=1S/C18H28N2O2/c1-15-8-10-16(11-9-15)17-7-4-3-5-13-20(17)18(21)19-12-6-14-22-2/h8-11,17H,3-7,12-14H2,1-2H3,(H,19,21). The van der Waals surface area contributed by atoms with Crippen molar-refractivity contribution in [3.05, 3.63) is 35.4 Å². The normalized spacial score (nSPS) is 18.8. The number of aryl methyl sites for hydroxylation is 1. The maximum atomic E-state index is 12.5. The van der Waals surface area contributed by atoms with Crippen molar-refractivity contribution in [1.29, 1.82) is 0 Å². The Morgan fingerprint density at radius 3 is 2.77 bits per heavy atom. The minimum absolute atomic E-state index is 0.0589. The van der Waals surface area contributed by atoms with E-state index >= 15 is 0 Å². The zero-order valence-electron chi connectivity index (χ0n) is 13.8. The molecule has 1 atom stereocenters. The summed E-state index contributed by atoms with van der Waals surface area (Å²) in [7, 11) is 1.68. The van der Waals surface area contributed by atoms with Gasteiger partial charge in [0, 0.05) is 26.8 Å². The lowest BCUT2D eigenvalue weighted by Gasteiger charge is -2.30. The number of hydrogen-bond acceptors (Lipinski definition) is 2. The van der Waals surface area contributed by atoms with Gasteiger partial charge in [-0.2, -0.15) is 0 Å². The summed E-state index contributed by atoms with van der Waals surface area (Å²) in [6.45, 7) is 4.29. The molecule has 122 valence electrons. The first-order valence-corrected chi connectivity index (χ1v) is 8.32. The van der Waals surface area contributed by atoms with Gasteiger partial charge in [-0.05, 0) is 31.7 Å². The third kappa shape index (κ3) is 4.73. The fraction of sp³-hybridized carbons (Fsp3) is 0.611. The van der Waals surface area contributed by atoms with Gasteiger partial charge in [0.05, 0.1) is 6.04 Å².